The second-order valence-electron chi connectivity index (χ2n) is 4.97. The highest BCUT2D eigenvalue weighted by Gasteiger charge is 2.08. The van der Waals surface area contributed by atoms with Crippen molar-refractivity contribution in [2.45, 2.75) is 33.3 Å². The summed E-state index contributed by atoms with van der Waals surface area (Å²) < 4.78 is 5.92. The predicted molar refractivity (Wildman–Crippen MR) is 78.8 cm³/mol. The van der Waals surface area contributed by atoms with Gasteiger partial charge in [0.1, 0.15) is 17.5 Å². The molecule has 0 radical (unpaired) electrons. The van der Waals surface area contributed by atoms with E-state index in [-0.39, 0.29) is 0 Å². The molecular weight excluding hydrogens is 258 g/mol. The largest absolute Gasteiger partial charge is 0.489 e. The zero-order valence-corrected chi connectivity index (χ0v) is 12.2. The average Bonchev–Trinajstić information content (AvgIpc) is 2.38. The van der Waals surface area contributed by atoms with Gasteiger partial charge in [0, 0.05) is 11.8 Å². The molecule has 19 heavy (non-hydrogen) atoms. The molecule has 0 bridgehead atoms. The lowest BCUT2D eigenvalue weighted by Gasteiger charge is -2.14. The van der Waals surface area contributed by atoms with Crippen LogP contribution in [0, 0.1) is 6.92 Å². The maximum Gasteiger partial charge on any atom is 0.129 e. The molecule has 0 saturated carbocycles. The Morgan fingerprint density at radius 3 is 2.63 bits per heavy atom. The highest BCUT2D eigenvalue weighted by atomic mass is 35.5. The summed E-state index contributed by atoms with van der Waals surface area (Å²) in [6.45, 7) is 6.91. The summed E-state index contributed by atoms with van der Waals surface area (Å²) in [5.74, 6) is 1.39. The van der Waals surface area contributed by atoms with Crippen molar-refractivity contribution in [1.82, 2.24) is 4.98 Å². The van der Waals surface area contributed by atoms with Crippen molar-refractivity contribution in [3.8, 4) is 5.75 Å². The van der Waals surface area contributed by atoms with Crippen LogP contribution < -0.4 is 4.74 Å². The quantitative estimate of drug-likeness (QED) is 0.752. The highest BCUT2D eigenvalue weighted by Crippen LogP contribution is 2.28. The molecule has 0 aliphatic carbocycles. The van der Waals surface area contributed by atoms with Crippen molar-refractivity contribution in [2.24, 2.45) is 0 Å². The fourth-order valence-electron chi connectivity index (χ4n) is 1.90. The lowest BCUT2D eigenvalue weighted by atomic mass is 10.0. The van der Waals surface area contributed by atoms with Gasteiger partial charge >= 0.3 is 0 Å². The molecule has 1 aromatic carbocycles. The van der Waals surface area contributed by atoms with Crippen LogP contribution >= 0.6 is 11.6 Å². The molecule has 0 N–H and O–H groups in total. The Labute approximate surface area is 119 Å². The standard InChI is InChI=1S/C16H18ClNO/c1-11(2)14-6-4-12(3)8-15(14)19-10-13-5-7-16(17)18-9-13/h4-9,11H,10H2,1-3H3. The summed E-state index contributed by atoms with van der Waals surface area (Å²) in [5.41, 5.74) is 3.45. The Bertz CT molecular complexity index is 549. The van der Waals surface area contributed by atoms with Crippen molar-refractivity contribution in [3.63, 3.8) is 0 Å². The maximum absolute atomic E-state index is 5.92. The van der Waals surface area contributed by atoms with E-state index >= 15 is 0 Å². The summed E-state index contributed by atoms with van der Waals surface area (Å²) in [5, 5.41) is 0.502. The number of hydrogen-bond donors (Lipinski definition) is 0. The van der Waals surface area contributed by atoms with Crippen LogP contribution in [0.15, 0.2) is 36.5 Å². The summed E-state index contributed by atoms with van der Waals surface area (Å²) >= 11 is 5.76. The maximum atomic E-state index is 5.92. The molecule has 0 aliphatic heterocycles. The normalized spacial score (nSPS) is 10.8. The third-order valence-corrected chi connectivity index (χ3v) is 3.20. The zero-order chi connectivity index (χ0) is 13.8. The monoisotopic (exact) mass is 275 g/mol. The second-order valence-corrected chi connectivity index (χ2v) is 5.36. The van der Waals surface area contributed by atoms with Gasteiger partial charge in [0.2, 0.25) is 0 Å². The van der Waals surface area contributed by atoms with Crippen molar-refractivity contribution < 1.29 is 4.74 Å². The Morgan fingerprint density at radius 1 is 1.21 bits per heavy atom. The Balaban J connectivity index is 2.14. The molecule has 2 nitrogen and oxygen atoms in total. The van der Waals surface area contributed by atoms with Gasteiger partial charge in [-0.05, 0) is 36.1 Å². The third kappa shape index (κ3) is 3.71. The number of hydrogen-bond acceptors (Lipinski definition) is 2. The molecule has 0 unspecified atom stereocenters. The molecule has 0 saturated heterocycles. The van der Waals surface area contributed by atoms with E-state index in [1.54, 1.807) is 12.3 Å². The summed E-state index contributed by atoms with van der Waals surface area (Å²) in [7, 11) is 0. The number of ether oxygens (including phenoxy) is 1. The minimum atomic E-state index is 0.443. The van der Waals surface area contributed by atoms with E-state index in [4.69, 9.17) is 16.3 Å². The van der Waals surface area contributed by atoms with Gasteiger partial charge in [-0.2, -0.15) is 0 Å². The first kappa shape index (κ1) is 13.9. The van der Waals surface area contributed by atoms with Crippen LogP contribution in [0.25, 0.3) is 0 Å². The lowest BCUT2D eigenvalue weighted by Crippen LogP contribution is -2.00. The van der Waals surface area contributed by atoms with Crippen LogP contribution in [0.3, 0.4) is 0 Å². The first-order valence-electron chi connectivity index (χ1n) is 6.40. The first-order chi connectivity index (χ1) is 9.06. The van der Waals surface area contributed by atoms with Crippen LogP contribution in [0.2, 0.25) is 5.15 Å². The van der Waals surface area contributed by atoms with Crippen molar-refractivity contribution in [3.05, 3.63) is 58.4 Å². The van der Waals surface area contributed by atoms with Gasteiger partial charge in [-0.15, -0.1) is 0 Å². The molecule has 0 spiro atoms. The predicted octanol–water partition coefficient (Wildman–Crippen LogP) is 4.75. The van der Waals surface area contributed by atoms with Gasteiger partial charge in [0.25, 0.3) is 0 Å². The molecule has 0 atom stereocenters. The SMILES string of the molecule is Cc1ccc(C(C)C)c(OCc2ccc(Cl)nc2)c1. The van der Waals surface area contributed by atoms with Crippen LogP contribution in [0.5, 0.6) is 5.75 Å². The van der Waals surface area contributed by atoms with Gasteiger partial charge in [0.15, 0.2) is 0 Å². The fourth-order valence-corrected chi connectivity index (χ4v) is 2.01. The van der Waals surface area contributed by atoms with Crippen LogP contribution in [0.4, 0.5) is 0 Å². The van der Waals surface area contributed by atoms with E-state index in [1.807, 2.05) is 6.07 Å². The van der Waals surface area contributed by atoms with Crippen molar-refractivity contribution >= 4 is 11.6 Å². The number of pyridine rings is 1. The number of benzene rings is 1. The van der Waals surface area contributed by atoms with E-state index in [1.165, 1.54) is 11.1 Å². The summed E-state index contributed by atoms with van der Waals surface area (Å²) in [6.07, 6.45) is 1.74. The number of aryl methyl sites for hydroxylation is 1. The lowest BCUT2D eigenvalue weighted by molar-refractivity contribution is 0.301. The Hall–Kier alpha value is -1.54. The summed E-state index contributed by atoms with van der Waals surface area (Å²) in [4.78, 5) is 4.05. The molecule has 0 amide bonds. The number of nitrogens with zero attached hydrogens (tertiary/aromatic N) is 1. The van der Waals surface area contributed by atoms with Crippen LogP contribution in [-0.2, 0) is 6.61 Å². The molecule has 2 aromatic rings. The molecule has 1 heterocycles. The summed E-state index contributed by atoms with van der Waals surface area (Å²) in [6, 6.07) is 10.0. The van der Waals surface area contributed by atoms with Crippen molar-refractivity contribution in [2.75, 3.05) is 0 Å². The number of aromatic nitrogens is 1. The van der Waals surface area contributed by atoms with Crippen LogP contribution in [-0.4, -0.2) is 4.98 Å². The first-order valence-corrected chi connectivity index (χ1v) is 6.78. The molecule has 0 aliphatic rings. The highest BCUT2D eigenvalue weighted by molar-refractivity contribution is 6.29. The Morgan fingerprint density at radius 2 is 2.00 bits per heavy atom. The molecule has 100 valence electrons. The molecule has 3 heteroatoms. The second kappa shape index (κ2) is 6.07. The van der Waals surface area contributed by atoms with E-state index < -0.39 is 0 Å². The number of rotatable bonds is 4. The van der Waals surface area contributed by atoms with E-state index in [0.717, 1.165) is 11.3 Å². The minimum absolute atomic E-state index is 0.443. The van der Waals surface area contributed by atoms with Gasteiger partial charge < -0.3 is 4.74 Å². The average molecular weight is 276 g/mol. The fraction of sp³-hybridized carbons (Fsp3) is 0.312. The smallest absolute Gasteiger partial charge is 0.129 e. The molecule has 0 fully saturated rings. The topological polar surface area (TPSA) is 22.1 Å². The van der Waals surface area contributed by atoms with Gasteiger partial charge in [-0.3, -0.25) is 0 Å². The van der Waals surface area contributed by atoms with Gasteiger partial charge in [-0.25, -0.2) is 4.98 Å². The van der Waals surface area contributed by atoms with E-state index in [9.17, 15) is 0 Å². The van der Waals surface area contributed by atoms with Gasteiger partial charge in [-0.1, -0.05) is 43.6 Å². The minimum Gasteiger partial charge on any atom is -0.489 e. The zero-order valence-electron chi connectivity index (χ0n) is 11.5. The van der Waals surface area contributed by atoms with Crippen molar-refractivity contribution in [1.29, 1.82) is 0 Å². The van der Waals surface area contributed by atoms with Crippen LogP contribution in [0.1, 0.15) is 36.5 Å². The Kier molecular flexibility index (Phi) is 4.43. The molecular formula is C16H18ClNO. The van der Waals surface area contributed by atoms with E-state index in [0.29, 0.717) is 17.7 Å². The van der Waals surface area contributed by atoms with E-state index in [2.05, 4.69) is 44.0 Å². The molecule has 2 rings (SSSR count). The molecule has 1 aromatic heterocycles. The van der Waals surface area contributed by atoms with Gasteiger partial charge in [0.05, 0.1) is 0 Å². The third-order valence-electron chi connectivity index (χ3n) is 2.97. The number of halogens is 1.